The number of hydrogen-bond acceptors (Lipinski definition) is 17. The molecular weight excluding hydrogens is 1030 g/mol. The summed E-state index contributed by atoms with van der Waals surface area (Å²) in [5, 5.41) is 2.60. The number of anilines is 2. The van der Waals surface area contributed by atoms with E-state index in [0.29, 0.717) is 60.2 Å². The van der Waals surface area contributed by atoms with Crippen molar-refractivity contribution in [1.29, 1.82) is 0 Å². The molecule has 2 fully saturated rings. The molecule has 21 heteroatoms. The first kappa shape index (κ1) is 63.2. The molecule has 0 unspecified atom stereocenters. The van der Waals surface area contributed by atoms with Gasteiger partial charge in [-0.2, -0.15) is 0 Å². The average molecular weight is 1120 g/mol. The third-order valence-corrected chi connectivity index (χ3v) is 18.7. The standard InChI is InChI=1S/C58H83N5O15Si/c1-13-43-20-37(2)31-62(43)57(68)47-28-51(69-8)52(30-49(47)60)77-34-41-23-40(24-45(25-41)75-19-18-73-15-14-72-16-17-74-36-53(64)61-42(26-54(65)70-9)27-55(66)71-10)33-76-50-29-48(59)46(22-39(50)4)56(67)63-32-38(3)21-44(63)35-78-79(11,12)58(5,6)7/h22-25,28-30,42-44H,2-3,13-21,26-27,31-36,59-60H2,1,4-12H3,(H,61,64)/t43-,44+/m1/s1. The Hall–Kier alpha value is -6.65. The maximum atomic E-state index is 14.1. The van der Waals surface area contributed by atoms with Crippen LogP contribution in [0.3, 0.4) is 0 Å². The van der Waals surface area contributed by atoms with Gasteiger partial charge in [0.2, 0.25) is 5.91 Å². The lowest BCUT2D eigenvalue weighted by Gasteiger charge is -2.38. The fraction of sp³-hybridized carbons (Fsp3) is 0.534. The van der Waals surface area contributed by atoms with Gasteiger partial charge in [-0.1, -0.05) is 52.0 Å². The van der Waals surface area contributed by atoms with Crippen LogP contribution in [-0.2, 0) is 55.7 Å². The highest BCUT2D eigenvalue weighted by Crippen LogP contribution is 2.39. The van der Waals surface area contributed by atoms with Gasteiger partial charge in [0, 0.05) is 48.7 Å². The van der Waals surface area contributed by atoms with Crippen LogP contribution in [0.2, 0.25) is 18.1 Å². The number of esters is 2. The molecule has 5 rings (SSSR count). The number of carbonyl (C=O) groups is 5. The minimum atomic E-state index is -2.06. The van der Waals surface area contributed by atoms with E-state index in [1.807, 2.05) is 36.9 Å². The molecule has 20 nitrogen and oxygen atoms in total. The van der Waals surface area contributed by atoms with Crippen molar-refractivity contribution in [3.05, 3.63) is 94.6 Å². The van der Waals surface area contributed by atoms with Crippen LogP contribution in [0.5, 0.6) is 23.0 Å². The lowest BCUT2D eigenvalue weighted by Crippen LogP contribution is -2.46. The van der Waals surface area contributed by atoms with Gasteiger partial charge in [0.1, 0.15) is 37.9 Å². The summed E-state index contributed by atoms with van der Waals surface area (Å²) in [6.45, 7) is 25.6. The smallest absolute Gasteiger partial charge is 0.307 e. The Labute approximate surface area is 466 Å². The van der Waals surface area contributed by atoms with E-state index in [2.05, 4.69) is 61.8 Å². The summed E-state index contributed by atoms with van der Waals surface area (Å²) in [6.07, 6.45) is 1.82. The summed E-state index contributed by atoms with van der Waals surface area (Å²) in [6, 6.07) is 11.4. The van der Waals surface area contributed by atoms with Crippen LogP contribution in [0, 0.1) is 6.92 Å². The number of benzene rings is 3. The number of methoxy groups -OCH3 is 3. The maximum Gasteiger partial charge on any atom is 0.307 e. The third-order valence-electron chi connectivity index (χ3n) is 14.2. The normalized spacial score (nSPS) is 15.6. The minimum absolute atomic E-state index is 0.0261. The Kier molecular flexibility index (Phi) is 23.6. The fourth-order valence-electron chi connectivity index (χ4n) is 8.79. The van der Waals surface area contributed by atoms with Crippen molar-refractivity contribution >= 4 is 49.4 Å². The summed E-state index contributed by atoms with van der Waals surface area (Å²) in [5.41, 5.74) is 18.6. The van der Waals surface area contributed by atoms with E-state index in [-0.39, 0.29) is 113 Å². The molecule has 0 spiro atoms. The van der Waals surface area contributed by atoms with E-state index in [4.69, 9.17) is 49.1 Å². The van der Waals surface area contributed by atoms with Gasteiger partial charge in [0.25, 0.3) is 11.8 Å². The quantitative estimate of drug-likeness (QED) is 0.0194. The molecule has 2 atom stereocenters. The highest BCUT2D eigenvalue weighted by atomic mass is 28.4. The van der Waals surface area contributed by atoms with Crippen LogP contribution < -0.4 is 35.7 Å². The van der Waals surface area contributed by atoms with Crippen LogP contribution >= 0.6 is 0 Å². The van der Waals surface area contributed by atoms with Crippen molar-refractivity contribution in [1.82, 2.24) is 15.1 Å². The second-order valence-corrected chi connectivity index (χ2v) is 26.2. The van der Waals surface area contributed by atoms with Gasteiger partial charge in [-0.05, 0) is 91.3 Å². The molecule has 434 valence electrons. The second-order valence-electron chi connectivity index (χ2n) is 21.4. The van der Waals surface area contributed by atoms with E-state index in [1.54, 1.807) is 29.2 Å². The predicted molar refractivity (Wildman–Crippen MR) is 302 cm³/mol. The van der Waals surface area contributed by atoms with Crippen LogP contribution in [0.4, 0.5) is 11.4 Å². The van der Waals surface area contributed by atoms with Crippen molar-refractivity contribution in [3.63, 3.8) is 0 Å². The molecule has 0 bridgehead atoms. The van der Waals surface area contributed by atoms with Crippen LogP contribution in [0.25, 0.3) is 0 Å². The summed E-state index contributed by atoms with van der Waals surface area (Å²) in [5.74, 6) is -0.345. The van der Waals surface area contributed by atoms with Crippen LogP contribution in [0.15, 0.2) is 66.8 Å². The number of nitrogen functional groups attached to an aromatic ring is 2. The number of nitrogens with one attached hydrogen (secondary N) is 1. The summed E-state index contributed by atoms with van der Waals surface area (Å²) >= 11 is 0. The Balaban J connectivity index is 1.21. The van der Waals surface area contributed by atoms with Gasteiger partial charge < -0.3 is 73.6 Å². The van der Waals surface area contributed by atoms with Crippen molar-refractivity contribution in [3.8, 4) is 23.0 Å². The highest BCUT2D eigenvalue weighted by Gasteiger charge is 2.40. The number of likely N-dealkylation sites (tertiary alicyclic amines) is 2. The van der Waals surface area contributed by atoms with E-state index < -0.39 is 32.2 Å². The molecule has 3 amide bonds. The number of carbonyl (C=O) groups excluding carboxylic acids is 5. The summed E-state index contributed by atoms with van der Waals surface area (Å²) < 4.78 is 57.2. The zero-order valence-electron chi connectivity index (χ0n) is 47.9. The van der Waals surface area contributed by atoms with Gasteiger partial charge in [0.05, 0.1) is 91.0 Å². The molecule has 3 aromatic rings. The first-order valence-electron chi connectivity index (χ1n) is 26.6. The first-order chi connectivity index (χ1) is 37.5. The van der Waals surface area contributed by atoms with Crippen LogP contribution in [-0.4, -0.2) is 153 Å². The molecule has 0 aliphatic carbocycles. The van der Waals surface area contributed by atoms with Crippen molar-refractivity contribution in [2.24, 2.45) is 0 Å². The lowest BCUT2D eigenvalue weighted by atomic mass is 10.1. The third kappa shape index (κ3) is 18.5. The molecular formula is C58H83N5O15Si. The maximum absolute atomic E-state index is 14.1. The summed E-state index contributed by atoms with van der Waals surface area (Å²) in [4.78, 5) is 67.3. The van der Waals surface area contributed by atoms with E-state index in [0.717, 1.165) is 40.7 Å². The molecule has 2 aliphatic rings. The molecule has 2 saturated heterocycles. The Morgan fingerprint density at radius 1 is 0.684 bits per heavy atom. The zero-order chi connectivity index (χ0) is 58.0. The average Bonchev–Trinajstić information content (AvgIpc) is 4.09. The minimum Gasteiger partial charge on any atom is -0.493 e. The molecule has 2 heterocycles. The number of nitrogens with two attached hydrogens (primary N) is 2. The van der Waals surface area contributed by atoms with Crippen molar-refractivity contribution < 1.29 is 71.0 Å². The highest BCUT2D eigenvalue weighted by molar-refractivity contribution is 6.74. The number of nitrogens with zero attached hydrogens (tertiary/aromatic N) is 2. The van der Waals surface area contributed by atoms with Crippen molar-refractivity contribution in [2.75, 3.05) is 98.7 Å². The van der Waals surface area contributed by atoms with Gasteiger partial charge in [-0.15, -0.1) is 0 Å². The molecule has 5 N–H and O–H groups in total. The largest absolute Gasteiger partial charge is 0.493 e. The Morgan fingerprint density at radius 2 is 1.19 bits per heavy atom. The van der Waals surface area contributed by atoms with Gasteiger partial charge in [-0.25, -0.2) is 0 Å². The number of hydrogen-bond donors (Lipinski definition) is 3. The van der Waals surface area contributed by atoms with Gasteiger partial charge >= 0.3 is 11.9 Å². The molecule has 0 aromatic heterocycles. The molecule has 0 saturated carbocycles. The Morgan fingerprint density at radius 3 is 1.73 bits per heavy atom. The van der Waals surface area contributed by atoms with E-state index >= 15 is 0 Å². The molecule has 0 radical (unpaired) electrons. The molecule has 79 heavy (non-hydrogen) atoms. The second kappa shape index (κ2) is 29.5. The predicted octanol–water partition coefficient (Wildman–Crippen LogP) is 7.34. The fourth-order valence-corrected chi connectivity index (χ4v) is 9.83. The van der Waals surface area contributed by atoms with E-state index in [1.165, 1.54) is 21.3 Å². The number of rotatable bonds is 30. The molecule has 3 aromatic carbocycles. The number of amides is 3. The lowest BCUT2D eigenvalue weighted by molar-refractivity contribution is -0.143. The Bertz CT molecular complexity index is 2620. The zero-order valence-corrected chi connectivity index (χ0v) is 48.9. The number of aryl methyl sites for hydroxylation is 1. The monoisotopic (exact) mass is 1120 g/mol. The van der Waals surface area contributed by atoms with Gasteiger partial charge in [-0.3, -0.25) is 24.0 Å². The van der Waals surface area contributed by atoms with Gasteiger partial charge in [0.15, 0.2) is 19.8 Å². The van der Waals surface area contributed by atoms with Crippen LogP contribution in [0.1, 0.15) is 97.2 Å². The number of ether oxygens (including phenoxy) is 9. The first-order valence-corrected chi connectivity index (χ1v) is 29.5. The summed E-state index contributed by atoms with van der Waals surface area (Å²) in [7, 11) is 1.87. The molecule has 2 aliphatic heterocycles. The van der Waals surface area contributed by atoms with Crippen molar-refractivity contribution in [2.45, 2.75) is 116 Å². The SMILES string of the molecule is C=C1C[C@@H](CC)N(C(=O)c2cc(OC)c(OCc3cc(COc4cc(N)c(C(=O)N5CC(=C)C[C@H]5CO[Si](C)(C)C(C)(C)C)cc4C)cc(OCCOCCOCCOCC(=O)NC(CC(=O)OC)CC(=O)OC)c3)cc2N)C1. The topological polar surface area (TPSA) is 248 Å². The van der Waals surface area contributed by atoms with E-state index in [9.17, 15) is 24.0 Å².